The van der Waals surface area contributed by atoms with Crippen molar-refractivity contribution in [3.63, 3.8) is 0 Å². The third-order valence-electron chi connectivity index (χ3n) is 7.65. The molecule has 0 radical (unpaired) electrons. The second-order valence-corrected chi connectivity index (χ2v) is 11.0. The maximum absolute atomic E-state index is 12.1. The summed E-state index contributed by atoms with van der Waals surface area (Å²) < 4.78 is 0.876. The topological polar surface area (TPSA) is 49.4 Å². The lowest BCUT2D eigenvalue weighted by Gasteiger charge is -2.36. The summed E-state index contributed by atoms with van der Waals surface area (Å²) in [6.07, 6.45) is 23.6. The predicted octanol–water partition coefficient (Wildman–Crippen LogP) is 3.80. The van der Waals surface area contributed by atoms with Crippen LogP contribution in [0.25, 0.3) is 0 Å². The van der Waals surface area contributed by atoms with E-state index >= 15 is 0 Å². The number of halogens is 1. The highest BCUT2D eigenvalue weighted by Crippen LogP contribution is 2.15. The quantitative estimate of drug-likeness (QED) is 0.153. The molecule has 35 heavy (non-hydrogen) atoms. The molecule has 5 nitrogen and oxygen atoms in total. The van der Waals surface area contributed by atoms with E-state index in [-0.39, 0.29) is 22.9 Å². The summed E-state index contributed by atoms with van der Waals surface area (Å²) in [5.74, 6) is 0.504. The molecule has 0 saturated carbocycles. The van der Waals surface area contributed by atoms with E-state index < -0.39 is 0 Å². The van der Waals surface area contributed by atoms with Crippen molar-refractivity contribution >= 4 is 11.8 Å². The summed E-state index contributed by atoms with van der Waals surface area (Å²) in [5.41, 5.74) is 0. The zero-order chi connectivity index (χ0) is 24.9. The van der Waals surface area contributed by atoms with Crippen LogP contribution >= 0.6 is 0 Å². The minimum atomic E-state index is 0. The third-order valence-corrected chi connectivity index (χ3v) is 7.65. The van der Waals surface area contributed by atoms with Gasteiger partial charge in [-0.05, 0) is 19.8 Å². The number of hydrogen-bond acceptors (Lipinski definition) is 2. The standard InChI is InChI=1S/C29H57N3O2.BrH/c1-4-6-7-8-9-10-11-12-13-14-15-16-17-18-19-22-28(33)30-24-21-26-32(3,5-2)27-31-25-20-23-29(31)34;/h4-27H2,1-3H3;1H. The van der Waals surface area contributed by atoms with Crippen molar-refractivity contribution in [3.05, 3.63) is 0 Å². The summed E-state index contributed by atoms with van der Waals surface area (Å²) in [4.78, 5) is 26.1. The number of unbranched alkanes of at least 4 members (excludes halogenated alkanes) is 14. The molecule has 0 spiro atoms. The van der Waals surface area contributed by atoms with Gasteiger partial charge in [-0.2, -0.15) is 0 Å². The van der Waals surface area contributed by atoms with Gasteiger partial charge in [-0.1, -0.05) is 96.8 Å². The SMILES string of the molecule is CCCCCCCCCCCCCCCCCC(=O)NCCC[N+](C)(CC)CN1CCCC1=O.[Br-]. The third kappa shape index (κ3) is 18.3. The monoisotopic (exact) mass is 559 g/mol. The first kappa shape index (κ1) is 34.4. The lowest BCUT2D eigenvalue weighted by atomic mass is 10.0. The predicted molar refractivity (Wildman–Crippen MR) is 145 cm³/mol. The fourth-order valence-electron chi connectivity index (χ4n) is 5.03. The summed E-state index contributed by atoms with van der Waals surface area (Å²) in [6.45, 7) is 8.94. The lowest BCUT2D eigenvalue weighted by molar-refractivity contribution is -0.916. The van der Waals surface area contributed by atoms with Crippen LogP contribution in [0.3, 0.4) is 0 Å². The molecule has 2 amide bonds. The van der Waals surface area contributed by atoms with Gasteiger partial charge in [0, 0.05) is 32.4 Å². The van der Waals surface area contributed by atoms with Gasteiger partial charge in [0.2, 0.25) is 11.8 Å². The molecule has 0 aromatic heterocycles. The number of amides is 2. The van der Waals surface area contributed by atoms with Gasteiger partial charge in [0.05, 0.1) is 20.1 Å². The minimum Gasteiger partial charge on any atom is -1.00 e. The van der Waals surface area contributed by atoms with Gasteiger partial charge in [0.25, 0.3) is 0 Å². The van der Waals surface area contributed by atoms with Crippen molar-refractivity contribution < 1.29 is 31.1 Å². The van der Waals surface area contributed by atoms with Gasteiger partial charge in [0.15, 0.2) is 6.67 Å². The molecule has 208 valence electrons. The molecule has 1 unspecified atom stereocenters. The first-order valence-electron chi connectivity index (χ1n) is 14.9. The first-order valence-corrected chi connectivity index (χ1v) is 14.9. The van der Waals surface area contributed by atoms with Crippen molar-refractivity contribution in [2.24, 2.45) is 0 Å². The van der Waals surface area contributed by atoms with Gasteiger partial charge >= 0.3 is 0 Å². The highest BCUT2D eigenvalue weighted by atomic mass is 79.9. The maximum Gasteiger partial charge on any atom is 0.226 e. The van der Waals surface area contributed by atoms with Crippen LogP contribution in [0.5, 0.6) is 0 Å². The highest BCUT2D eigenvalue weighted by molar-refractivity contribution is 5.77. The Bertz CT molecular complexity index is 532. The van der Waals surface area contributed by atoms with Gasteiger partial charge in [-0.25, -0.2) is 0 Å². The smallest absolute Gasteiger partial charge is 0.226 e. The van der Waals surface area contributed by atoms with E-state index in [0.717, 1.165) is 56.6 Å². The summed E-state index contributed by atoms with van der Waals surface area (Å²) in [7, 11) is 2.23. The number of quaternary nitrogens is 1. The number of rotatable bonds is 23. The minimum absolute atomic E-state index is 0. The number of carbonyl (C=O) groups excluding carboxylic acids is 2. The molecular weight excluding hydrogens is 502 g/mol. The summed E-state index contributed by atoms with van der Waals surface area (Å²) in [6, 6.07) is 0. The van der Waals surface area contributed by atoms with E-state index in [9.17, 15) is 9.59 Å². The van der Waals surface area contributed by atoms with Gasteiger partial charge < -0.3 is 26.8 Å². The van der Waals surface area contributed by atoms with Crippen LogP contribution in [-0.2, 0) is 9.59 Å². The van der Waals surface area contributed by atoms with Crippen LogP contribution in [0.15, 0.2) is 0 Å². The Morgan fingerprint density at radius 1 is 0.829 bits per heavy atom. The Morgan fingerprint density at radius 2 is 1.34 bits per heavy atom. The molecule has 1 saturated heterocycles. The Balaban J connectivity index is 0.0000116. The van der Waals surface area contributed by atoms with Gasteiger partial charge in [-0.15, -0.1) is 0 Å². The second kappa shape index (κ2) is 22.6. The number of nitrogens with one attached hydrogen (secondary N) is 1. The van der Waals surface area contributed by atoms with E-state index in [1.54, 1.807) is 0 Å². The van der Waals surface area contributed by atoms with Crippen molar-refractivity contribution in [2.45, 2.75) is 136 Å². The van der Waals surface area contributed by atoms with Crippen molar-refractivity contribution in [3.8, 4) is 0 Å². The molecule has 6 heteroatoms. The molecule has 1 aliphatic heterocycles. The summed E-state index contributed by atoms with van der Waals surface area (Å²) in [5, 5.41) is 3.10. The maximum atomic E-state index is 12.1. The Kier molecular flexibility index (Phi) is 22.2. The Hall–Kier alpha value is -0.620. The fourth-order valence-corrected chi connectivity index (χ4v) is 5.03. The zero-order valence-corrected chi connectivity index (χ0v) is 25.1. The van der Waals surface area contributed by atoms with Crippen LogP contribution in [0.2, 0.25) is 0 Å². The molecule has 0 bridgehead atoms. The molecule has 1 atom stereocenters. The Morgan fingerprint density at radius 3 is 1.80 bits per heavy atom. The highest BCUT2D eigenvalue weighted by Gasteiger charge is 2.28. The second-order valence-electron chi connectivity index (χ2n) is 11.0. The van der Waals surface area contributed by atoms with Crippen LogP contribution in [0.1, 0.15) is 136 Å². The zero-order valence-electron chi connectivity index (χ0n) is 23.6. The average molecular weight is 561 g/mol. The van der Waals surface area contributed by atoms with Crippen molar-refractivity contribution in [1.82, 2.24) is 10.2 Å². The normalized spacial score (nSPS) is 15.2. The Labute approximate surface area is 228 Å². The van der Waals surface area contributed by atoms with Crippen LogP contribution in [0, 0.1) is 0 Å². The van der Waals surface area contributed by atoms with Crippen LogP contribution in [0.4, 0.5) is 0 Å². The molecular formula is C29H58BrN3O2. The number of carbonyl (C=O) groups is 2. The molecule has 1 heterocycles. The van der Waals surface area contributed by atoms with Crippen molar-refractivity contribution in [2.75, 3.05) is 39.9 Å². The van der Waals surface area contributed by atoms with E-state index in [0.29, 0.717) is 18.7 Å². The van der Waals surface area contributed by atoms with Gasteiger partial charge in [-0.3, -0.25) is 14.5 Å². The number of hydrogen-bond donors (Lipinski definition) is 1. The molecule has 1 rings (SSSR count). The first-order chi connectivity index (χ1) is 16.5. The van der Waals surface area contributed by atoms with E-state index in [2.05, 4.69) is 26.2 Å². The molecule has 0 aromatic rings. The van der Waals surface area contributed by atoms with E-state index in [1.807, 2.05) is 4.90 Å². The molecule has 0 aromatic carbocycles. The van der Waals surface area contributed by atoms with Crippen LogP contribution in [-0.4, -0.2) is 61.1 Å². The number of likely N-dealkylation sites (tertiary alicyclic amines) is 1. The molecule has 1 fully saturated rings. The van der Waals surface area contributed by atoms with E-state index in [1.165, 1.54) is 89.9 Å². The largest absolute Gasteiger partial charge is 1.00 e. The number of nitrogens with zero attached hydrogens (tertiary/aromatic N) is 2. The van der Waals surface area contributed by atoms with Crippen molar-refractivity contribution in [1.29, 1.82) is 0 Å². The molecule has 0 aliphatic carbocycles. The average Bonchev–Trinajstić information content (AvgIpc) is 3.23. The summed E-state index contributed by atoms with van der Waals surface area (Å²) >= 11 is 0. The molecule has 1 N–H and O–H groups in total. The van der Waals surface area contributed by atoms with E-state index in [4.69, 9.17) is 0 Å². The fraction of sp³-hybridized carbons (Fsp3) is 0.931. The molecule has 1 aliphatic rings. The van der Waals surface area contributed by atoms with Gasteiger partial charge in [0.1, 0.15) is 0 Å². The van der Waals surface area contributed by atoms with Crippen LogP contribution < -0.4 is 22.3 Å². The lowest BCUT2D eigenvalue weighted by Crippen LogP contribution is -3.00.